The van der Waals surface area contributed by atoms with Crippen molar-refractivity contribution in [3.8, 4) is 0 Å². The molecule has 0 aromatic heterocycles. The monoisotopic (exact) mass is 247 g/mol. The molecule has 0 bridgehead atoms. The van der Waals surface area contributed by atoms with Crippen molar-refractivity contribution in [3.05, 3.63) is 84.0 Å². The molecule has 0 atom stereocenters. The highest BCUT2D eigenvalue weighted by atomic mass is 14.9. The Morgan fingerprint density at radius 3 is 2.47 bits per heavy atom. The molecule has 0 saturated heterocycles. The van der Waals surface area contributed by atoms with Crippen molar-refractivity contribution in [1.29, 1.82) is 0 Å². The zero-order valence-electron chi connectivity index (χ0n) is 10.8. The number of anilines is 1. The lowest BCUT2D eigenvalue weighted by atomic mass is 9.99. The highest BCUT2D eigenvalue weighted by Gasteiger charge is 2.07. The second-order valence-electron chi connectivity index (χ2n) is 4.70. The van der Waals surface area contributed by atoms with Crippen LogP contribution in [-0.4, -0.2) is 0 Å². The van der Waals surface area contributed by atoms with Crippen LogP contribution in [0.5, 0.6) is 0 Å². The Balaban J connectivity index is 1.78. The van der Waals surface area contributed by atoms with Gasteiger partial charge in [-0.1, -0.05) is 60.7 Å². The first-order valence-electron chi connectivity index (χ1n) is 6.66. The zero-order valence-corrected chi connectivity index (χ0v) is 10.8. The van der Waals surface area contributed by atoms with E-state index in [0.29, 0.717) is 0 Å². The van der Waals surface area contributed by atoms with Gasteiger partial charge < -0.3 is 5.32 Å². The molecule has 0 heterocycles. The molecule has 0 unspecified atom stereocenters. The fourth-order valence-corrected chi connectivity index (χ4v) is 2.39. The molecule has 94 valence electrons. The van der Waals surface area contributed by atoms with E-state index in [1.807, 2.05) is 6.07 Å². The molecule has 2 aromatic carbocycles. The molecule has 0 spiro atoms. The van der Waals surface area contributed by atoms with E-state index in [9.17, 15) is 0 Å². The molecule has 19 heavy (non-hydrogen) atoms. The van der Waals surface area contributed by atoms with Crippen molar-refractivity contribution in [3.63, 3.8) is 0 Å². The normalized spacial score (nSPS) is 13.4. The van der Waals surface area contributed by atoms with Gasteiger partial charge in [-0.15, -0.1) is 0 Å². The van der Waals surface area contributed by atoms with Crippen molar-refractivity contribution in [2.45, 2.75) is 13.0 Å². The summed E-state index contributed by atoms with van der Waals surface area (Å²) >= 11 is 0. The van der Waals surface area contributed by atoms with E-state index < -0.39 is 0 Å². The smallest absolute Gasteiger partial charge is 0.0406 e. The molecule has 0 aliphatic heterocycles. The molecular weight excluding hydrogens is 230 g/mol. The molecule has 0 saturated carbocycles. The molecule has 1 nitrogen and oxygen atoms in total. The Bertz CT molecular complexity index is 609. The van der Waals surface area contributed by atoms with E-state index in [-0.39, 0.29) is 0 Å². The van der Waals surface area contributed by atoms with Gasteiger partial charge in [0.25, 0.3) is 0 Å². The quantitative estimate of drug-likeness (QED) is 0.829. The van der Waals surface area contributed by atoms with Crippen LogP contribution in [0.2, 0.25) is 0 Å². The summed E-state index contributed by atoms with van der Waals surface area (Å²) in [5.41, 5.74) is 5.28. The van der Waals surface area contributed by atoms with Crippen molar-refractivity contribution >= 4 is 11.3 Å². The van der Waals surface area contributed by atoms with E-state index in [1.54, 1.807) is 0 Å². The molecule has 0 radical (unpaired) electrons. The van der Waals surface area contributed by atoms with Gasteiger partial charge in [0.2, 0.25) is 0 Å². The minimum atomic E-state index is 0.859. The Morgan fingerprint density at radius 1 is 0.895 bits per heavy atom. The lowest BCUT2D eigenvalue weighted by molar-refractivity contribution is 1.13. The van der Waals surface area contributed by atoms with E-state index >= 15 is 0 Å². The summed E-state index contributed by atoms with van der Waals surface area (Å²) in [6.45, 7) is 0.859. The second-order valence-corrected chi connectivity index (χ2v) is 4.70. The van der Waals surface area contributed by atoms with E-state index in [2.05, 4.69) is 72.1 Å². The maximum Gasteiger partial charge on any atom is 0.0406 e. The van der Waals surface area contributed by atoms with Crippen LogP contribution in [0.3, 0.4) is 0 Å². The summed E-state index contributed by atoms with van der Waals surface area (Å²) < 4.78 is 0. The fourth-order valence-electron chi connectivity index (χ4n) is 2.39. The number of hydrogen-bond donors (Lipinski definition) is 1. The summed E-state index contributed by atoms with van der Waals surface area (Å²) in [4.78, 5) is 0. The van der Waals surface area contributed by atoms with Gasteiger partial charge in [-0.3, -0.25) is 0 Å². The molecule has 2 aromatic rings. The molecule has 1 N–H and O–H groups in total. The number of benzene rings is 2. The topological polar surface area (TPSA) is 12.0 Å². The molecule has 1 heteroatoms. The van der Waals surface area contributed by atoms with Crippen LogP contribution in [0.1, 0.15) is 17.5 Å². The summed E-state index contributed by atoms with van der Waals surface area (Å²) in [5, 5.41) is 3.48. The Kier molecular flexibility index (Phi) is 3.46. The predicted molar refractivity (Wildman–Crippen MR) is 81.9 cm³/mol. The zero-order chi connectivity index (χ0) is 12.9. The van der Waals surface area contributed by atoms with Gasteiger partial charge >= 0.3 is 0 Å². The highest BCUT2D eigenvalue weighted by Crippen LogP contribution is 2.26. The standard InChI is InChI=1S/C18H17N/c1-2-11-17(12-3-1)19-14-16-10-6-7-13-18(16)15-8-4-5-9-15/h1-8,10-13,19H,9,14H2. The van der Waals surface area contributed by atoms with Gasteiger partial charge in [-0.05, 0) is 35.3 Å². The van der Waals surface area contributed by atoms with Crippen LogP contribution < -0.4 is 5.32 Å². The Hall–Kier alpha value is -2.28. The maximum atomic E-state index is 3.48. The third kappa shape index (κ3) is 2.76. The van der Waals surface area contributed by atoms with Gasteiger partial charge in [-0.2, -0.15) is 0 Å². The molecule has 1 aliphatic carbocycles. The minimum absolute atomic E-state index is 0.859. The van der Waals surface area contributed by atoms with Gasteiger partial charge in [-0.25, -0.2) is 0 Å². The number of nitrogens with one attached hydrogen (secondary N) is 1. The van der Waals surface area contributed by atoms with Crippen LogP contribution >= 0.6 is 0 Å². The lowest BCUT2D eigenvalue weighted by Gasteiger charge is -2.12. The van der Waals surface area contributed by atoms with Crippen molar-refractivity contribution in [1.82, 2.24) is 0 Å². The summed E-state index contributed by atoms with van der Waals surface area (Å²) in [6, 6.07) is 19.0. The average Bonchev–Trinajstić information content (AvgIpc) is 3.01. The van der Waals surface area contributed by atoms with Crippen molar-refractivity contribution in [2.24, 2.45) is 0 Å². The number of allylic oxidation sites excluding steroid dienone is 4. The Labute approximate surface area is 114 Å². The fraction of sp³-hybridized carbons (Fsp3) is 0.111. The van der Waals surface area contributed by atoms with E-state index in [4.69, 9.17) is 0 Å². The summed E-state index contributed by atoms with van der Waals surface area (Å²) in [6.07, 6.45) is 7.59. The summed E-state index contributed by atoms with van der Waals surface area (Å²) in [5.74, 6) is 0. The SMILES string of the molecule is C1=CCC(c2ccccc2CNc2ccccc2)=C1. The van der Waals surface area contributed by atoms with Gasteiger partial charge in [0.15, 0.2) is 0 Å². The summed E-state index contributed by atoms with van der Waals surface area (Å²) in [7, 11) is 0. The molecule has 1 aliphatic rings. The maximum absolute atomic E-state index is 3.48. The first-order valence-corrected chi connectivity index (χ1v) is 6.66. The van der Waals surface area contributed by atoms with Gasteiger partial charge in [0.1, 0.15) is 0 Å². The minimum Gasteiger partial charge on any atom is -0.381 e. The molecule has 3 rings (SSSR count). The van der Waals surface area contributed by atoms with Crippen LogP contribution in [-0.2, 0) is 6.54 Å². The number of para-hydroxylation sites is 1. The molecule has 0 amide bonds. The number of hydrogen-bond acceptors (Lipinski definition) is 1. The highest BCUT2D eigenvalue weighted by molar-refractivity contribution is 5.73. The third-order valence-electron chi connectivity index (χ3n) is 3.39. The average molecular weight is 247 g/mol. The van der Waals surface area contributed by atoms with E-state index in [0.717, 1.165) is 18.7 Å². The van der Waals surface area contributed by atoms with E-state index in [1.165, 1.54) is 16.7 Å². The first-order chi connectivity index (χ1) is 9.43. The van der Waals surface area contributed by atoms with Crippen molar-refractivity contribution < 1.29 is 0 Å². The van der Waals surface area contributed by atoms with Crippen molar-refractivity contribution in [2.75, 3.05) is 5.32 Å². The van der Waals surface area contributed by atoms with Crippen LogP contribution in [0, 0.1) is 0 Å². The van der Waals surface area contributed by atoms with Crippen LogP contribution in [0.25, 0.3) is 5.57 Å². The largest absolute Gasteiger partial charge is 0.381 e. The van der Waals surface area contributed by atoms with Gasteiger partial charge in [0.05, 0.1) is 0 Å². The first kappa shape index (κ1) is 11.8. The second kappa shape index (κ2) is 5.57. The van der Waals surface area contributed by atoms with Crippen LogP contribution in [0.4, 0.5) is 5.69 Å². The molecule has 0 fully saturated rings. The van der Waals surface area contributed by atoms with Gasteiger partial charge in [0, 0.05) is 12.2 Å². The third-order valence-corrected chi connectivity index (χ3v) is 3.39. The van der Waals surface area contributed by atoms with Crippen LogP contribution in [0.15, 0.2) is 72.8 Å². The predicted octanol–water partition coefficient (Wildman–Crippen LogP) is 4.64. The number of rotatable bonds is 4. The molecular formula is C18H17N. The lowest BCUT2D eigenvalue weighted by Crippen LogP contribution is -2.02. The Morgan fingerprint density at radius 2 is 1.68 bits per heavy atom.